The summed E-state index contributed by atoms with van der Waals surface area (Å²) in [6, 6.07) is 0. The predicted octanol–water partition coefficient (Wildman–Crippen LogP) is 5.32. The zero-order valence-corrected chi connectivity index (χ0v) is 18.0. The molecule has 0 spiro atoms. The monoisotopic (exact) mass is 404 g/mol. The quantitative estimate of drug-likeness (QED) is 0.278. The van der Waals surface area contributed by atoms with Gasteiger partial charge in [0.2, 0.25) is 0 Å². The number of hydrogen-bond acceptors (Lipinski definition) is 4. The summed E-state index contributed by atoms with van der Waals surface area (Å²) in [6.45, 7) is 1.58. The van der Waals surface area contributed by atoms with Crippen LogP contribution in [0.25, 0.3) is 0 Å². The Kier molecular flexibility index (Phi) is 16.6. The molecule has 0 rings (SSSR count). The Labute approximate surface area is 166 Å². The van der Waals surface area contributed by atoms with Crippen molar-refractivity contribution in [2.75, 3.05) is 11.5 Å². The van der Waals surface area contributed by atoms with Gasteiger partial charge in [-0.05, 0) is 12.8 Å². The number of hydrogen-bond donors (Lipinski definition) is 1. The number of sulfone groups is 1. The van der Waals surface area contributed by atoms with Gasteiger partial charge >= 0.3 is 5.97 Å². The van der Waals surface area contributed by atoms with Crippen LogP contribution in [0.2, 0.25) is 0 Å². The van der Waals surface area contributed by atoms with E-state index in [1.807, 2.05) is 0 Å². The second-order valence-corrected chi connectivity index (χ2v) is 9.91. The second-order valence-electron chi connectivity index (χ2n) is 7.56. The van der Waals surface area contributed by atoms with Crippen LogP contribution in [0.5, 0.6) is 0 Å². The molecule has 0 aromatic heterocycles. The van der Waals surface area contributed by atoms with E-state index in [1.165, 1.54) is 51.4 Å². The van der Waals surface area contributed by atoms with Crippen molar-refractivity contribution in [3.05, 3.63) is 0 Å². The molecule has 0 bridgehead atoms. The molecule has 0 radical (unpaired) electrons. The Bertz CT molecular complexity index is 485. The van der Waals surface area contributed by atoms with Gasteiger partial charge in [-0.25, -0.2) is 8.42 Å². The fourth-order valence-electron chi connectivity index (χ4n) is 3.14. The Morgan fingerprint density at radius 2 is 0.963 bits per heavy atom. The van der Waals surface area contributed by atoms with E-state index < -0.39 is 15.8 Å². The molecule has 0 heterocycles. The number of carboxylic acid groups (broad SMARTS) is 1. The standard InChI is InChI=1S/C21H40O5S/c1-2-27(25,26)19-20(22)17-15-13-11-9-7-5-3-4-6-8-10-12-14-16-18-21(23)24/h2-19H2,1H3,(H,23,24). The Morgan fingerprint density at radius 1 is 0.630 bits per heavy atom. The molecule has 0 aliphatic carbocycles. The number of unbranched alkanes of at least 4 members (excludes halogenated alkanes) is 13. The summed E-state index contributed by atoms with van der Waals surface area (Å²) in [5.74, 6) is -1.07. The minimum atomic E-state index is -3.16. The molecule has 0 aliphatic rings. The van der Waals surface area contributed by atoms with Gasteiger partial charge in [-0.1, -0.05) is 84.0 Å². The molecular formula is C21H40O5S. The highest BCUT2D eigenvalue weighted by atomic mass is 32.2. The smallest absolute Gasteiger partial charge is 0.303 e. The van der Waals surface area contributed by atoms with Crippen LogP contribution in [-0.4, -0.2) is 36.8 Å². The third-order valence-electron chi connectivity index (χ3n) is 4.92. The summed E-state index contributed by atoms with van der Waals surface area (Å²) in [4.78, 5) is 22.0. The van der Waals surface area contributed by atoms with Gasteiger partial charge in [0.15, 0.2) is 9.84 Å². The lowest BCUT2D eigenvalue weighted by molar-refractivity contribution is -0.137. The maximum Gasteiger partial charge on any atom is 0.303 e. The molecule has 160 valence electrons. The molecule has 0 amide bonds. The average Bonchev–Trinajstić information content (AvgIpc) is 2.60. The first-order valence-electron chi connectivity index (χ1n) is 10.8. The van der Waals surface area contributed by atoms with Crippen molar-refractivity contribution in [3.63, 3.8) is 0 Å². The molecule has 0 saturated heterocycles. The topological polar surface area (TPSA) is 88.5 Å². The van der Waals surface area contributed by atoms with Gasteiger partial charge in [0.05, 0.1) is 0 Å². The van der Waals surface area contributed by atoms with Gasteiger partial charge in [0.1, 0.15) is 11.5 Å². The highest BCUT2D eigenvalue weighted by Gasteiger charge is 2.13. The number of carboxylic acids is 1. The molecule has 27 heavy (non-hydrogen) atoms. The van der Waals surface area contributed by atoms with Crippen molar-refractivity contribution < 1.29 is 23.1 Å². The zero-order chi connectivity index (χ0) is 20.4. The van der Waals surface area contributed by atoms with Crippen LogP contribution in [0.3, 0.4) is 0 Å². The minimum Gasteiger partial charge on any atom is -0.481 e. The van der Waals surface area contributed by atoms with E-state index in [0.717, 1.165) is 38.5 Å². The molecule has 0 unspecified atom stereocenters. The van der Waals surface area contributed by atoms with Gasteiger partial charge in [-0.15, -0.1) is 0 Å². The van der Waals surface area contributed by atoms with Crippen molar-refractivity contribution >= 4 is 21.6 Å². The van der Waals surface area contributed by atoms with Crippen molar-refractivity contribution in [1.29, 1.82) is 0 Å². The van der Waals surface area contributed by atoms with E-state index >= 15 is 0 Å². The first kappa shape index (κ1) is 26.1. The minimum absolute atomic E-state index is 0.0472. The largest absolute Gasteiger partial charge is 0.481 e. The van der Waals surface area contributed by atoms with Gasteiger partial charge in [-0.2, -0.15) is 0 Å². The first-order chi connectivity index (χ1) is 12.9. The third kappa shape index (κ3) is 19.7. The van der Waals surface area contributed by atoms with Crippen LogP contribution in [0, 0.1) is 0 Å². The lowest BCUT2D eigenvalue weighted by Gasteiger charge is -2.04. The fourth-order valence-corrected chi connectivity index (χ4v) is 3.98. The van der Waals surface area contributed by atoms with Crippen molar-refractivity contribution in [2.24, 2.45) is 0 Å². The third-order valence-corrected chi connectivity index (χ3v) is 6.56. The van der Waals surface area contributed by atoms with E-state index in [9.17, 15) is 18.0 Å². The average molecular weight is 405 g/mol. The summed E-state index contributed by atoms with van der Waals surface area (Å²) in [5.41, 5.74) is 0. The van der Waals surface area contributed by atoms with Crippen LogP contribution in [-0.2, 0) is 19.4 Å². The van der Waals surface area contributed by atoms with Crippen molar-refractivity contribution in [2.45, 2.75) is 110 Å². The van der Waals surface area contributed by atoms with E-state index in [2.05, 4.69) is 0 Å². The molecule has 0 aromatic carbocycles. The van der Waals surface area contributed by atoms with Crippen LogP contribution in [0.4, 0.5) is 0 Å². The highest BCUT2D eigenvalue weighted by molar-refractivity contribution is 7.92. The summed E-state index contributed by atoms with van der Waals surface area (Å²) >= 11 is 0. The number of carbonyl (C=O) groups excluding carboxylic acids is 1. The summed E-state index contributed by atoms with van der Waals surface area (Å²) < 4.78 is 22.7. The van der Waals surface area contributed by atoms with Crippen LogP contribution >= 0.6 is 0 Å². The molecule has 1 N–H and O–H groups in total. The molecule has 0 atom stereocenters. The second kappa shape index (κ2) is 17.2. The summed E-state index contributed by atoms with van der Waals surface area (Å²) in [6.07, 6.45) is 16.7. The maximum atomic E-state index is 11.6. The Morgan fingerprint density at radius 3 is 1.30 bits per heavy atom. The van der Waals surface area contributed by atoms with Gasteiger partial charge in [-0.3, -0.25) is 9.59 Å². The normalized spacial score (nSPS) is 11.6. The first-order valence-corrected chi connectivity index (χ1v) is 12.6. The van der Waals surface area contributed by atoms with E-state index in [4.69, 9.17) is 5.11 Å². The number of carbonyl (C=O) groups is 2. The van der Waals surface area contributed by atoms with E-state index in [0.29, 0.717) is 12.8 Å². The number of Topliss-reactive ketones (excluding diaryl/α,β-unsaturated/α-hetero) is 1. The van der Waals surface area contributed by atoms with Gasteiger partial charge < -0.3 is 5.11 Å². The summed E-state index contributed by atoms with van der Waals surface area (Å²) in [5, 5.41) is 8.55. The van der Waals surface area contributed by atoms with Gasteiger partial charge in [0.25, 0.3) is 0 Å². The SMILES string of the molecule is CCS(=O)(=O)CC(=O)CCCCCCCCCCCCCCCCC(=O)O. The zero-order valence-electron chi connectivity index (χ0n) is 17.2. The molecule has 0 aliphatic heterocycles. The maximum absolute atomic E-state index is 11.6. The highest BCUT2D eigenvalue weighted by Crippen LogP contribution is 2.14. The van der Waals surface area contributed by atoms with Crippen molar-refractivity contribution in [3.8, 4) is 0 Å². The molecular weight excluding hydrogens is 364 g/mol. The molecule has 0 aromatic rings. The fraction of sp³-hybridized carbons (Fsp3) is 0.905. The van der Waals surface area contributed by atoms with Crippen LogP contribution in [0.1, 0.15) is 110 Å². The number of ketones is 1. The molecule has 6 heteroatoms. The molecule has 5 nitrogen and oxygen atoms in total. The number of rotatable bonds is 20. The van der Waals surface area contributed by atoms with E-state index in [-0.39, 0.29) is 17.3 Å². The van der Waals surface area contributed by atoms with E-state index in [1.54, 1.807) is 6.92 Å². The van der Waals surface area contributed by atoms with Crippen molar-refractivity contribution in [1.82, 2.24) is 0 Å². The Balaban J connectivity index is 3.23. The van der Waals surface area contributed by atoms with Crippen LogP contribution in [0.15, 0.2) is 0 Å². The lowest BCUT2D eigenvalue weighted by Crippen LogP contribution is -2.17. The lowest BCUT2D eigenvalue weighted by atomic mass is 10.0. The molecule has 0 fully saturated rings. The molecule has 0 saturated carbocycles. The van der Waals surface area contributed by atoms with Crippen LogP contribution < -0.4 is 0 Å². The van der Waals surface area contributed by atoms with Gasteiger partial charge in [0, 0.05) is 18.6 Å². The predicted molar refractivity (Wildman–Crippen MR) is 111 cm³/mol. The number of aliphatic carboxylic acids is 1. The summed E-state index contributed by atoms with van der Waals surface area (Å²) in [7, 11) is -3.16. The Hall–Kier alpha value is -0.910.